The number of hydrogen-bond acceptors (Lipinski definition) is 4. The molecule has 0 aliphatic heterocycles. The lowest BCUT2D eigenvalue weighted by atomic mass is 10.0. The van der Waals surface area contributed by atoms with E-state index in [1.54, 1.807) is 29.0 Å². The quantitative estimate of drug-likeness (QED) is 0.466. The van der Waals surface area contributed by atoms with Gasteiger partial charge in [-0.1, -0.05) is 11.6 Å². The van der Waals surface area contributed by atoms with Crippen LogP contribution < -0.4 is 10.6 Å². The molecule has 0 spiro atoms. The normalized spacial score (nSPS) is 11.2. The van der Waals surface area contributed by atoms with Crippen LogP contribution in [0.15, 0.2) is 30.6 Å². The zero-order valence-corrected chi connectivity index (χ0v) is 14.4. The van der Waals surface area contributed by atoms with Gasteiger partial charge in [0, 0.05) is 29.8 Å². The summed E-state index contributed by atoms with van der Waals surface area (Å²) in [6, 6.07) is 5.31. The molecule has 4 rings (SSSR count). The van der Waals surface area contributed by atoms with Gasteiger partial charge in [0.15, 0.2) is 11.6 Å². The van der Waals surface area contributed by atoms with Gasteiger partial charge in [0.2, 0.25) is 6.41 Å². The predicted octanol–water partition coefficient (Wildman–Crippen LogP) is 3.67. The molecule has 3 N–H and O–H groups in total. The summed E-state index contributed by atoms with van der Waals surface area (Å²) in [5, 5.41) is 17.3. The van der Waals surface area contributed by atoms with Crippen molar-refractivity contribution in [2.75, 3.05) is 17.2 Å². The minimum atomic E-state index is -0.531. The molecule has 0 saturated carbocycles. The van der Waals surface area contributed by atoms with Gasteiger partial charge in [-0.05, 0) is 24.6 Å². The summed E-state index contributed by atoms with van der Waals surface area (Å²) >= 11 is 6.37. The van der Waals surface area contributed by atoms with Crippen LogP contribution in [0.3, 0.4) is 0 Å². The van der Waals surface area contributed by atoms with Crippen molar-refractivity contribution < 1.29 is 9.18 Å². The van der Waals surface area contributed by atoms with Crippen molar-refractivity contribution in [3.8, 4) is 11.1 Å². The average Bonchev–Trinajstić information content (AvgIpc) is 3.25. The van der Waals surface area contributed by atoms with Crippen molar-refractivity contribution in [1.29, 1.82) is 0 Å². The molecule has 0 saturated heterocycles. The van der Waals surface area contributed by atoms with E-state index in [0.29, 0.717) is 46.5 Å². The Bertz CT molecular complexity index is 1140. The minimum Gasteiger partial charge on any atom is -0.381 e. The molecular weight excluding hydrogens is 359 g/mol. The molecule has 1 aromatic carbocycles. The molecule has 3 heterocycles. The molecule has 7 nitrogen and oxygen atoms in total. The summed E-state index contributed by atoms with van der Waals surface area (Å²) in [7, 11) is 0. The zero-order valence-electron chi connectivity index (χ0n) is 13.7. The topological polar surface area (TPSA) is 87.1 Å². The fourth-order valence-electron chi connectivity index (χ4n) is 3.02. The molecule has 26 heavy (non-hydrogen) atoms. The number of aromatic amines is 1. The van der Waals surface area contributed by atoms with E-state index in [4.69, 9.17) is 11.6 Å². The van der Waals surface area contributed by atoms with Crippen LogP contribution in [0.1, 0.15) is 6.92 Å². The molecule has 3 aromatic heterocycles. The highest BCUT2D eigenvalue weighted by atomic mass is 35.5. The van der Waals surface area contributed by atoms with E-state index in [2.05, 4.69) is 25.9 Å². The van der Waals surface area contributed by atoms with Crippen molar-refractivity contribution in [3.63, 3.8) is 0 Å². The highest BCUT2D eigenvalue weighted by Gasteiger charge is 2.21. The molecule has 4 aromatic rings. The number of rotatable bonds is 5. The summed E-state index contributed by atoms with van der Waals surface area (Å²) < 4.78 is 16.5. The maximum Gasteiger partial charge on any atom is 0.212 e. The number of hydrogen-bond donors (Lipinski definition) is 3. The molecule has 0 bridgehead atoms. The van der Waals surface area contributed by atoms with E-state index in [-0.39, 0.29) is 5.02 Å². The number of fused-ring (bicyclic) bond motifs is 2. The third-order valence-electron chi connectivity index (χ3n) is 4.10. The number of anilines is 2. The number of H-pyrrole nitrogens is 1. The first kappa shape index (κ1) is 16.3. The lowest BCUT2D eigenvalue weighted by molar-refractivity contribution is -0.105. The van der Waals surface area contributed by atoms with Crippen LogP contribution in [0.5, 0.6) is 0 Å². The number of halogens is 2. The van der Waals surface area contributed by atoms with Crippen molar-refractivity contribution in [2.24, 2.45) is 0 Å². The largest absolute Gasteiger partial charge is 0.381 e. The number of nitrogens with zero attached hydrogens (tertiary/aromatic N) is 3. The van der Waals surface area contributed by atoms with Gasteiger partial charge in [-0.15, -0.1) is 0 Å². The number of carbonyl (C=O) groups is 1. The highest BCUT2D eigenvalue weighted by Crippen LogP contribution is 2.41. The van der Waals surface area contributed by atoms with E-state index in [1.165, 1.54) is 0 Å². The third-order valence-corrected chi connectivity index (χ3v) is 4.46. The number of aromatic nitrogens is 4. The summed E-state index contributed by atoms with van der Waals surface area (Å²) in [4.78, 5) is 10.6. The molecular formula is C17H14ClFN6O. The Morgan fingerprint density at radius 2 is 2.27 bits per heavy atom. The second kappa shape index (κ2) is 6.30. The van der Waals surface area contributed by atoms with Gasteiger partial charge in [0.1, 0.15) is 0 Å². The highest BCUT2D eigenvalue weighted by molar-refractivity contribution is 6.36. The van der Waals surface area contributed by atoms with Crippen LogP contribution in [0.4, 0.5) is 15.9 Å². The first-order valence-corrected chi connectivity index (χ1v) is 8.29. The van der Waals surface area contributed by atoms with Crippen molar-refractivity contribution >= 4 is 45.9 Å². The Balaban J connectivity index is 1.95. The van der Waals surface area contributed by atoms with Gasteiger partial charge in [-0.2, -0.15) is 10.2 Å². The number of nitrogens with one attached hydrogen (secondary N) is 3. The van der Waals surface area contributed by atoms with Crippen LogP contribution in [0.25, 0.3) is 27.5 Å². The maximum atomic E-state index is 14.9. The molecule has 0 unspecified atom stereocenters. The van der Waals surface area contributed by atoms with E-state index >= 15 is 0 Å². The third kappa shape index (κ3) is 2.46. The molecule has 1 amide bonds. The SMILES string of the molecule is CCNc1c(F)c(Cl)c(-c2ccn3nc(NC=O)cc3c2)c2cn[nH]c12. The van der Waals surface area contributed by atoms with E-state index in [0.717, 1.165) is 5.52 Å². The smallest absolute Gasteiger partial charge is 0.212 e. The predicted molar refractivity (Wildman–Crippen MR) is 99.1 cm³/mol. The van der Waals surface area contributed by atoms with Crippen LogP contribution >= 0.6 is 11.6 Å². The molecule has 0 radical (unpaired) electrons. The Labute approximate surface area is 152 Å². The molecule has 9 heteroatoms. The zero-order chi connectivity index (χ0) is 18.3. The van der Waals surface area contributed by atoms with Gasteiger partial charge >= 0.3 is 0 Å². The fourth-order valence-corrected chi connectivity index (χ4v) is 3.32. The average molecular weight is 373 g/mol. The number of pyridine rings is 1. The van der Waals surface area contributed by atoms with Crippen LogP contribution in [-0.4, -0.2) is 32.8 Å². The van der Waals surface area contributed by atoms with Gasteiger partial charge in [-0.25, -0.2) is 8.91 Å². The molecule has 0 atom stereocenters. The second-order valence-corrected chi connectivity index (χ2v) is 6.02. The van der Waals surface area contributed by atoms with Crippen molar-refractivity contribution in [2.45, 2.75) is 6.92 Å². The van der Waals surface area contributed by atoms with Crippen LogP contribution in [-0.2, 0) is 4.79 Å². The summed E-state index contributed by atoms with van der Waals surface area (Å²) in [5.74, 6) is -0.109. The minimum absolute atomic E-state index is 0.0185. The Hall–Kier alpha value is -3.13. The summed E-state index contributed by atoms with van der Waals surface area (Å²) in [5.41, 5.74) is 2.85. The van der Waals surface area contributed by atoms with E-state index in [9.17, 15) is 9.18 Å². The van der Waals surface area contributed by atoms with Crippen LogP contribution in [0, 0.1) is 5.82 Å². The Morgan fingerprint density at radius 1 is 1.42 bits per heavy atom. The van der Waals surface area contributed by atoms with Gasteiger partial charge in [0.05, 0.1) is 27.9 Å². The van der Waals surface area contributed by atoms with Gasteiger partial charge in [0.25, 0.3) is 0 Å². The number of carbonyl (C=O) groups excluding carboxylic acids is 1. The van der Waals surface area contributed by atoms with E-state index in [1.807, 2.05) is 13.0 Å². The standard InChI is InChI=1S/C17H14ClFN6O/c1-2-20-17-15(19)14(18)13(11-7-22-23-16(11)17)9-3-4-25-10(5-9)6-12(24-25)21-8-26/h3-8,20H,2H2,1H3,(H,22,23)(H,21,24,26). The Morgan fingerprint density at radius 3 is 3.04 bits per heavy atom. The van der Waals surface area contributed by atoms with E-state index < -0.39 is 5.82 Å². The second-order valence-electron chi connectivity index (χ2n) is 5.64. The monoisotopic (exact) mass is 372 g/mol. The van der Waals surface area contributed by atoms with Crippen molar-refractivity contribution in [3.05, 3.63) is 41.4 Å². The molecule has 0 fully saturated rings. The molecule has 0 aliphatic rings. The molecule has 132 valence electrons. The fraction of sp³-hybridized carbons (Fsp3) is 0.118. The summed E-state index contributed by atoms with van der Waals surface area (Å²) in [6.45, 7) is 2.43. The van der Waals surface area contributed by atoms with Crippen molar-refractivity contribution in [1.82, 2.24) is 19.8 Å². The first-order valence-electron chi connectivity index (χ1n) is 7.92. The Kier molecular flexibility index (Phi) is 3.96. The van der Waals surface area contributed by atoms with Crippen LogP contribution in [0.2, 0.25) is 5.02 Å². The number of benzene rings is 1. The molecule has 0 aliphatic carbocycles. The first-order chi connectivity index (χ1) is 12.6. The van der Waals surface area contributed by atoms with Gasteiger partial charge < -0.3 is 10.6 Å². The summed E-state index contributed by atoms with van der Waals surface area (Å²) in [6.07, 6.45) is 3.90. The lowest BCUT2D eigenvalue weighted by Gasteiger charge is -2.13. The maximum absolute atomic E-state index is 14.9. The number of amides is 1. The van der Waals surface area contributed by atoms with Gasteiger partial charge in [-0.3, -0.25) is 9.89 Å². The lowest BCUT2D eigenvalue weighted by Crippen LogP contribution is -2.02.